The maximum atomic E-state index is 13.8. The highest BCUT2D eigenvalue weighted by Gasteiger charge is 2.65. The molecule has 2 N–H and O–H groups in total. The lowest BCUT2D eigenvalue weighted by Gasteiger charge is -2.58. The Morgan fingerprint density at radius 1 is 1.22 bits per heavy atom. The van der Waals surface area contributed by atoms with Crippen molar-refractivity contribution in [1.82, 2.24) is 5.32 Å². The number of carbonyl (C=O) groups excluding carboxylic acids is 3. The summed E-state index contributed by atoms with van der Waals surface area (Å²) in [5.41, 5.74) is 0.205. The smallest absolute Gasteiger partial charge is 0.305 e. The minimum Gasteiger partial charge on any atom is -0.469 e. The normalized spacial score (nSPS) is 43.5. The van der Waals surface area contributed by atoms with Gasteiger partial charge in [0.2, 0.25) is 5.91 Å². The van der Waals surface area contributed by atoms with Gasteiger partial charge in [-0.3, -0.25) is 14.4 Å². The molecule has 0 aromatic heterocycles. The SMILES string of the molecule is COC(=O)CC[C@@H](C)[C@H]1CC[C@H]2[C@@H]3/C(=N\O)CC4CC(=O)NCC[C@]4(C)[C@H]3CC(=O)[C@]12C. The van der Waals surface area contributed by atoms with E-state index in [4.69, 9.17) is 4.74 Å². The van der Waals surface area contributed by atoms with E-state index in [1.807, 2.05) is 0 Å². The number of fused-ring (bicyclic) bond motifs is 5. The molecule has 1 heterocycles. The van der Waals surface area contributed by atoms with Crippen LogP contribution in [0.5, 0.6) is 0 Å². The van der Waals surface area contributed by atoms with Crippen molar-refractivity contribution in [2.24, 2.45) is 51.5 Å². The summed E-state index contributed by atoms with van der Waals surface area (Å²) in [5, 5.41) is 16.8. The topological polar surface area (TPSA) is 105 Å². The molecule has 8 atom stereocenters. The van der Waals surface area contributed by atoms with E-state index in [9.17, 15) is 19.6 Å². The predicted octanol–water partition coefficient (Wildman–Crippen LogP) is 3.58. The van der Waals surface area contributed by atoms with E-state index in [2.05, 4.69) is 31.2 Å². The molecule has 0 radical (unpaired) electrons. The third-order valence-electron chi connectivity index (χ3n) is 10.1. The number of carbonyl (C=O) groups is 3. The molecule has 0 bridgehead atoms. The number of nitrogens with zero attached hydrogens (tertiary/aromatic N) is 1. The second kappa shape index (κ2) is 8.45. The van der Waals surface area contributed by atoms with Crippen molar-refractivity contribution in [3.8, 4) is 0 Å². The second-order valence-electron chi connectivity index (χ2n) is 11.2. The van der Waals surface area contributed by atoms with Gasteiger partial charge in [-0.2, -0.15) is 0 Å². The van der Waals surface area contributed by atoms with Crippen LogP contribution in [0.4, 0.5) is 0 Å². The highest BCUT2D eigenvalue weighted by molar-refractivity contribution is 5.94. The molecule has 1 unspecified atom stereocenters. The van der Waals surface area contributed by atoms with Crippen molar-refractivity contribution in [3.63, 3.8) is 0 Å². The van der Waals surface area contributed by atoms with E-state index in [1.165, 1.54) is 7.11 Å². The molecule has 32 heavy (non-hydrogen) atoms. The van der Waals surface area contributed by atoms with Gasteiger partial charge in [0.1, 0.15) is 5.78 Å². The first kappa shape index (κ1) is 23.2. The Labute approximate surface area is 190 Å². The summed E-state index contributed by atoms with van der Waals surface area (Å²) in [6.45, 7) is 7.18. The number of ether oxygens (including phenoxy) is 1. The number of rotatable bonds is 4. The maximum absolute atomic E-state index is 13.8. The average molecular weight is 447 g/mol. The van der Waals surface area contributed by atoms with Gasteiger partial charge in [-0.15, -0.1) is 0 Å². The predicted molar refractivity (Wildman–Crippen MR) is 119 cm³/mol. The zero-order valence-corrected chi connectivity index (χ0v) is 19.9. The Morgan fingerprint density at radius 2 is 1.97 bits per heavy atom. The highest BCUT2D eigenvalue weighted by Crippen LogP contribution is 2.65. The Balaban J connectivity index is 1.65. The number of nitrogens with one attached hydrogen (secondary N) is 1. The summed E-state index contributed by atoms with van der Waals surface area (Å²) in [4.78, 5) is 37.8. The van der Waals surface area contributed by atoms with Crippen LogP contribution in [0.25, 0.3) is 0 Å². The number of esters is 1. The number of oxime groups is 1. The second-order valence-corrected chi connectivity index (χ2v) is 11.2. The van der Waals surface area contributed by atoms with Gasteiger partial charge in [-0.1, -0.05) is 25.9 Å². The Morgan fingerprint density at radius 3 is 2.66 bits per heavy atom. The monoisotopic (exact) mass is 446 g/mol. The summed E-state index contributed by atoms with van der Waals surface area (Å²) >= 11 is 0. The first-order chi connectivity index (χ1) is 15.2. The van der Waals surface area contributed by atoms with Gasteiger partial charge in [0, 0.05) is 37.1 Å². The molecule has 0 aromatic rings. The molecule has 0 aromatic carbocycles. The van der Waals surface area contributed by atoms with Crippen LogP contribution >= 0.6 is 0 Å². The standard InChI is InChI=1S/C25H38N2O5/c1-14(5-8-22(30)32-4)16-6-7-17-23-18(13-20(28)25(16,17)3)24(2)9-10-26-21(29)12-15(24)11-19(23)27-31/h14-18,23,31H,5-13H2,1-4H3,(H,26,29)/b27-19-/t14-,15?,16-,17+,18+,23+,24+,25-/m1/s1. The molecule has 7 heteroatoms. The molecule has 178 valence electrons. The number of Topliss-reactive ketones (excluding diaryl/α,β-unsaturated/α-hetero) is 1. The molecule has 4 rings (SSSR count). The van der Waals surface area contributed by atoms with Crippen LogP contribution < -0.4 is 5.32 Å². The number of hydrogen-bond acceptors (Lipinski definition) is 6. The van der Waals surface area contributed by atoms with Gasteiger partial charge >= 0.3 is 5.97 Å². The number of methoxy groups -OCH3 is 1. The van der Waals surface area contributed by atoms with Crippen molar-refractivity contribution in [3.05, 3.63) is 0 Å². The summed E-state index contributed by atoms with van der Waals surface area (Å²) in [7, 11) is 1.41. The van der Waals surface area contributed by atoms with Crippen LogP contribution in [-0.2, 0) is 19.1 Å². The maximum Gasteiger partial charge on any atom is 0.305 e. The first-order valence-corrected chi connectivity index (χ1v) is 12.2. The van der Waals surface area contributed by atoms with Crippen LogP contribution in [0.15, 0.2) is 5.16 Å². The summed E-state index contributed by atoms with van der Waals surface area (Å²) in [6.07, 6.45) is 5.39. The van der Waals surface area contributed by atoms with Crippen molar-refractivity contribution >= 4 is 23.4 Å². The molecule has 4 fully saturated rings. The van der Waals surface area contributed by atoms with E-state index < -0.39 is 5.41 Å². The van der Waals surface area contributed by atoms with E-state index in [0.29, 0.717) is 38.0 Å². The Kier molecular flexibility index (Phi) is 6.14. The summed E-state index contributed by atoms with van der Waals surface area (Å²) < 4.78 is 4.82. The number of ketones is 1. The zero-order valence-electron chi connectivity index (χ0n) is 19.9. The fourth-order valence-electron chi connectivity index (χ4n) is 8.15. The third kappa shape index (κ3) is 3.47. The lowest BCUT2D eigenvalue weighted by Crippen LogP contribution is -2.59. The van der Waals surface area contributed by atoms with Crippen molar-refractivity contribution < 1.29 is 24.3 Å². The lowest BCUT2D eigenvalue weighted by atomic mass is 9.45. The van der Waals surface area contributed by atoms with Gasteiger partial charge in [0.05, 0.1) is 12.8 Å². The molecular weight excluding hydrogens is 408 g/mol. The van der Waals surface area contributed by atoms with E-state index in [0.717, 1.165) is 31.4 Å². The van der Waals surface area contributed by atoms with E-state index in [-0.39, 0.29) is 52.8 Å². The summed E-state index contributed by atoms with van der Waals surface area (Å²) in [5.74, 6) is 1.06. The summed E-state index contributed by atoms with van der Waals surface area (Å²) in [6, 6.07) is 0. The molecule has 7 nitrogen and oxygen atoms in total. The van der Waals surface area contributed by atoms with Gasteiger partial charge in [-0.25, -0.2) is 0 Å². The number of amides is 1. The molecule has 1 aliphatic heterocycles. The van der Waals surface area contributed by atoms with Crippen molar-refractivity contribution in [2.45, 2.75) is 72.1 Å². The van der Waals surface area contributed by atoms with Gasteiger partial charge in [0.15, 0.2) is 0 Å². The average Bonchev–Trinajstić information content (AvgIpc) is 3.05. The first-order valence-electron chi connectivity index (χ1n) is 12.2. The molecule has 4 aliphatic rings. The van der Waals surface area contributed by atoms with Gasteiger partial charge in [0.25, 0.3) is 0 Å². The lowest BCUT2D eigenvalue weighted by molar-refractivity contribution is -0.147. The largest absolute Gasteiger partial charge is 0.469 e. The fourth-order valence-corrected chi connectivity index (χ4v) is 8.15. The van der Waals surface area contributed by atoms with Crippen molar-refractivity contribution in [2.75, 3.05) is 13.7 Å². The van der Waals surface area contributed by atoms with E-state index >= 15 is 0 Å². The molecule has 3 saturated carbocycles. The molecular formula is C25H38N2O5. The molecule has 1 amide bonds. The minimum absolute atomic E-state index is 0.0572. The third-order valence-corrected chi connectivity index (χ3v) is 10.1. The van der Waals surface area contributed by atoms with Gasteiger partial charge < -0.3 is 15.3 Å². The van der Waals surface area contributed by atoms with Crippen LogP contribution in [0.3, 0.4) is 0 Å². The Bertz CT molecular complexity index is 825. The number of hydrogen-bond donors (Lipinski definition) is 2. The van der Waals surface area contributed by atoms with Gasteiger partial charge in [-0.05, 0) is 67.1 Å². The molecule has 0 spiro atoms. The highest BCUT2D eigenvalue weighted by atomic mass is 16.5. The van der Waals surface area contributed by atoms with Crippen molar-refractivity contribution in [1.29, 1.82) is 0 Å². The van der Waals surface area contributed by atoms with Crippen LogP contribution in [0, 0.1) is 46.3 Å². The zero-order chi connectivity index (χ0) is 23.3. The van der Waals surface area contributed by atoms with Crippen LogP contribution in [-0.4, -0.2) is 42.2 Å². The van der Waals surface area contributed by atoms with E-state index in [1.54, 1.807) is 0 Å². The Hall–Kier alpha value is -1.92. The van der Waals surface area contributed by atoms with Crippen LogP contribution in [0.1, 0.15) is 72.1 Å². The molecule has 1 saturated heterocycles. The molecule has 3 aliphatic carbocycles. The quantitative estimate of drug-likeness (QED) is 0.390. The fraction of sp³-hybridized carbons (Fsp3) is 0.840. The van der Waals surface area contributed by atoms with Crippen LogP contribution in [0.2, 0.25) is 0 Å². The minimum atomic E-state index is -0.464.